The quantitative estimate of drug-likeness (QED) is 0.631. The summed E-state index contributed by atoms with van der Waals surface area (Å²) in [5.41, 5.74) is 6.26. The number of likely N-dealkylation sites (tertiary alicyclic amines) is 1. The van der Waals surface area contributed by atoms with Crippen molar-refractivity contribution in [1.82, 2.24) is 15.2 Å². The van der Waals surface area contributed by atoms with E-state index in [0.29, 0.717) is 23.9 Å². The minimum absolute atomic E-state index is 0.233. The Labute approximate surface area is 156 Å². The Morgan fingerprint density at radius 3 is 3.16 bits per heavy atom. The molecular weight excluding hydrogens is 358 g/mol. The van der Waals surface area contributed by atoms with E-state index in [4.69, 9.17) is 17.3 Å². The Morgan fingerprint density at radius 2 is 2.40 bits per heavy atom. The summed E-state index contributed by atoms with van der Waals surface area (Å²) >= 11 is 7.67. The largest absolute Gasteiger partial charge is 0.370 e. The summed E-state index contributed by atoms with van der Waals surface area (Å²) in [7, 11) is 1.78. The smallest absolute Gasteiger partial charge is 0.217 e. The van der Waals surface area contributed by atoms with E-state index in [1.54, 1.807) is 18.4 Å². The van der Waals surface area contributed by atoms with Gasteiger partial charge in [0, 0.05) is 31.6 Å². The number of guanidine groups is 1. The van der Waals surface area contributed by atoms with Crippen molar-refractivity contribution in [2.45, 2.75) is 25.8 Å². The van der Waals surface area contributed by atoms with Crippen LogP contribution in [0.15, 0.2) is 23.2 Å². The number of carbonyl (C=O) groups is 1. The molecule has 134 valence electrons. The van der Waals surface area contributed by atoms with Gasteiger partial charge in [0.15, 0.2) is 5.96 Å². The molecule has 1 aromatic heterocycles. The van der Waals surface area contributed by atoms with Gasteiger partial charge in [0.2, 0.25) is 5.91 Å². The van der Waals surface area contributed by atoms with Crippen molar-refractivity contribution in [3.63, 3.8) is 0 Å². The number of nitrogens with one attached hydrogen (secondary N) is 1. The number of rotatable bonds is 4. The number of aromatic nitrogens is 1. The van der Waals surface area contributed by atoms with Crippen LogP contribution in [0.25, 0.3) is 10.2 Å². The van der Waals surface area contributed by atoms with Crippen molar-refractivity contribution in [2.75, 3.05) is 20.1 Å². The number of amides is 1. The molecule has 1 amide bonds. The molecule has 1 aliphatic rings. The van der Waals surface area contributed by atoms with Crippen LogP contribution >= 0.6 is 22.9 Å². The second-order valence-corrected chi connectivity index (χ2v) is 7.80. The monoisotopic (exact) mass is 379 g/mol. The van der Waals surface area contributed by atoms with Crippen LogP contribution < -0.4 is 11.1 Å². The van der Waals surface area contributed by atoms with E-state index in [1.165, 1.54) is 0 Å². The number of thiazole rings is 1. The topological polar surface area (TPSA) is 83.6 Å². The van der Waals surface area contributed by atoms with Crippen molar-refractivity contribution < 1.29 is 4.79 Å². The van der Waals surface area contributed by atoms with E-state index >= 15 is 0 Å². The number of aliphatic imine (C=N–C) groups is 1. The van der Waals surface area contributed by atoms with E-state index in [-0.39, 0.29) is 5.91 Å². The number of hydrogen-bond acceptors (Lipinski definition) is 4. The van der Waals surface area contributed by atoms with Gasteiger partial charge in [-0.3, -0.25) is 9.79 Å². The van der Waals surface area contributed by atoms with Crippen LogP contribution in [0.2, 0.25) is 5.02 Å². The molecule has 2 aromatic rings. The summed E-state index contributed by atoms with van der Waals surface area (Å²) in [6.45, 7) is 2.35. The van der Waals surface area contributed by atoms with E-state index in [2.05, 4.69) is 20.2 Å². The van der Waals surface area contributed by atoms with Crippen molar-refractivity contribution in [3.05, 3.63) is 28.2 Å². The first-order chi connectivity index (χ1) is 12.0. The van der Waals surface area contributed by atoms with E-state index in [9.17, 15) is 4.79 Å². The highest BCUT2D eigenvalue weighted by molar-refractivity contribution is 7.18. The van der Waals surface area contributed by atoms with Gasteiger partial charge in [-0.1, -0.05) is 11.6 Å². The number of nitrogens with zero attached hydrogens (tertiary/aromatic N) is 3. The molecule has 1 fully saturated rings. The standard InChI is InChI=1S/C17H22ClN5OS/c1-20-17(23-6-2-3-11(10-23)7-15(19)24)21-9-16-22-13-8-12(18)4-5-14(13)25-16/h4-5,8,11H,2-3,6-7,9-10H2,1H3,(H2,19,24)(H,20,21). The third kappa shape index (κ3) is 4.61. The molecule has 6 nitrogen and oxygen atoms in total. The van der Waals surface area contributed by atoms with Gasteiger partial charge in [-0.05, 0) is 37.0 Å². The number of benzene rings is 1. The molecule has 1 atom stereocenters. The molecule has 2 heterocycles. The zero-order chi connectivity index (χ0) is 17.8. The second-order valence-electron chi connectivity index (χ2n) is 6.25. The van der Waals surface area contributed by atoms with Crippen LogP contribution in [0.3, 0.4) is 0 Å². The predicted molar refractivity (Wildman–Crippen MR) is 103 cm³/mol. The normalized spacial score (nSPS) is 18.6. The molecule has 1 saturated heterocycles. The molecule has 25 heavy (non-hydrogen) atoms. The van der Waals surface area contributed by atoms with Gasteiger partial charge in [0.05, 0.1) is 16.8 Å². The molecule has 0 bridgehead atoms. The van der Waals surface area contributed by atoms with Gasteiger partial charge >= 0.3 is 0 Å². The minimum Gasteiger partial charge on any atom is -0.370 e. The fourth-order valence-electron chi connectivity index (χ4n) is 3.22. The van der Waals surface area contributed by atoms with E-state index in [1.807, 2.05) is 18.2 Å². The molecule has 1 aromatic carbocycles. The van der Waals surface area contributed by atoms with Crippen LogP contribution in [0, 0.1) is 5.92 Å². The predicted octanol–water partition coefficient (Wildman–Crippen LogP) is 2.61. The van der Waals surface area contributed by atoms with Gasteiger partial charge in [0.1, 0.15) is 5.01 Å². The minimum atomic E-state index is -0.233. The lowest BCUT2D eigenvalue weighted by Crippen LogP contribution is -2.46. The molecule has 3 N–H and O–H groups in total. The highest BCUT2D eigenvalue weighted by Gasteiger charge is 2.23. The maximum atomic E-state index is 11.2. The van der Waals surface area contributed by atoms with E-state index in [0.717, 1.165) is 47.1 Å². The van der Waals surface area contributed by atoms with E-state index < -0.39 is 0 Å². The van der Waals surface area contributed by atoms with Gasteiger partial charge in [-0.25, -0.2) is 4.98 Å². The van der Waals surface area contributed by atoms with Crippen molar-refractivity contribution >= 4 is 45.0 Å². The SMILES string of the molecule is CN=C(NCc1nc2cc(Cl)ccc2s1)N1CCCC(CC(N)=O)C1. The fourth-order valence-corrected chi connectivity index (χ4v) is 4.27. The van der Waals surface area contributed by atoms with Gasteiger partial charge in [-0.15, -0.1) is 11.3 Å². The molecule has 0 radical (unpaired) electrons. The molecule has 0 saturated carbocycles. The van der Waals surface area contributed by atoms with Crippen LogP contribution in [0.1, 0.15) is 24.3 Å². The third-order valence-corrected chi connectivity index (χ3v) is 5.58. The first kappa shape index (κ1) is 17.9. The van der Waals surface area contributed by atoms with Gasteiger partial charge < -0.3 is 16.0 Å². The van der Waals surface area contributed by atoms with Crippen LogP contribution in [0.4, 0.5) is 0 Å². The van der Waals surface area contributed by atoms with Crippen LogP contribution in [-0.4, -0.2) is 41.9 Å². The lowest BCUT2D eigenvalue weighted by molar-refractivity contribution is -0.119. The third-order valence-electron chi connectivity index (χ3n) is 4.31. The Balaban J connectivity index is 1.62. The highest BCUT2D eigenvalue weighted by Crippen LogP contribution is 2.25. The van der Waals surface area contributed by atoms with Crippen molar-refractivity contribution in [3.8, 4) is 0 Å². The second kappa shape index (κ2) is 8.01. The number of nitrogens with two attached hydrogens (primary N) is 1. The zero-order valence-corrected chi connectivity index (χ0v) is 15.7. The number of piperidine rings is 1. The Hall–Kier alpha value is -1.86. The summed E-state index contributed by atoms with van der Waals surface area (Å²) in [6.07, 6.45) is 2.51. The Kier molecular flexibility index (Phi) is 5.75. The van der Waals surface area contributed by atoms with Gasteiger partial charge in [-0.2, -0.15) is 0 Å². The molecule has 0 spiro atoms. The summed E-state index contributed by atoms with van der Waals surface area (Å²) in [5, 5.41) is 5.07. The number of hydrogen-bond donors (Lipinski definition) is 2. The molecule has 1 unspecified atom stereocenters. The highest BCUT2D eigenvalue weighted by atomic mass is 35.5. The maximum Gasteiger partial charge on any atom is 0.217 e. The van der Waals surface area contributed by atoms with Crippen molar-refractivity contribution in [2.24, 2.45) is 16.6 Å². The number of carbonyl (C=O) groups excluding carboxylic acids is 1. The average Bonchev–Trinajstić information content (AvgIpc) is 2.97. The van der Waals surface area contributed by atoms with Crippen LogP contribution in [0.5, 0.6) is 0 Å². The molecular formula is C17H22ClN5OS. The number of halogens is 1. The lowest BCUT2D eigenvalue weighted by atomic mass is 9.95. The summed E-state index contributed by atoms with van der Waals surface area (Å²) in [4.78, 5) is 22.4. The van der Waals surface area contributed by atoms with Crippen molar-refractivity contribution in [1.29, 1.82) is 0 Å². The molecule has 0 aliphatic carbocycles. The summed E-state index contributed by atoms with van der Waals surface area (Å²) in [6, 6.07) is 5.75. The first-order valence-corrected chi connectivity index (χ1v) is 9.53. The lowest BCUT2D eigenvalue weighted by Gasteiger charge is -2.34. The molecule has 3 rings (SSSR count). The number of fused-ring (bicyclic) bond motifs is 1. The average molecular weight is 380 g/mol. The zero-order valence-electron chi connectivity index (χ0n) is 14.2. The molecule has 8 heteroatoms. The maximum absolute atomic E-state index is 11.2. The summed E-state index contributed by atoms with van der Waals surface area (Å²) < 4.78 is 1.12. The first-order valence-electron chi connectivity index (χ1n) is 8.34. The molecule has 1 aliphatic heterocycles. The Bertz CT molecular complexity index is 790. The summed E-state index contributed by atoms with van der Waals surface area (Å²) in [5.74, 6) is 0.906. The Morgan fingerprint density at radius 1 is 1.56 bits per heavy atom. The van der Waals surface area contributed by atoms with Crippen LogP contribution in [-0.2, 0) is 11.3 Å². The number of primary amides is 1. The fraction of sp³-hybridized carbons (Fsp3) is 0.471. The van der Waals surface area contributed by atoms with Gasteiger partial charge in [0.25, 0.3) is 0 Å².